The van der Waals surface area contributed by atoms with Crippen molar-refractivity contribution in [2.24, 2.45) is 0 Å². The van der Waals surface area contributed by atoms with Gasteiger partial charge in [-0.25, -0.2) is 4.79 Å². The number of carbonyl (C=O) groups is 1. The average Bonchev–Trinajstić information content (AvgIpc) is 3.15. The van der Waals surface area contributed by atoms with Gasteiger partial charge < -0.3 is 25.2 Å². The maximum Gasteiger partial charge on any atom is 0.407 e. The van der Waals surface area contributed by atoms with Crippen LogP contribution in [0, 0.1) is 0 Å². The van der Waals surface area contributed by atoms with Gasteiger partial charge in [0, 0.05) is 18.6 Å². The molecule has 1 aliphatic carbocycles. The Bertz CT molecular complexity index is 554. The van der Waals surface area contributed by atoms with Crippen molar-refractivity contribution in [3.63, 3.8) is 0 Å². The van der Waals surface area contributed by atoms with Gasteiger partial charge in [0.15, 0.2) is 11.5 Å². The Hall–Kier alpha value is -1.95. The summed E-state index contributed by atoms with van der Waals surface area (Å²) in [6, 6.07) is 5.65. The fourth-order valence-electron chi connectivity index (χ4n) is 2.23. The SMILES string of the molecule is CCOc1cc(CNC2CC2NC(=O)OC(C)(C)C)ccc1O. The Labute approximate surface area is 137 Å². The molecule has 1 amide bonds. The lowest BCUT2D eigenvalue weighted by atomic mass is 10.2. The number of phenols is 1. The van der Waals surface area contributed by atoms with Crippen molar-refractivity contribution in [2.75, 3.05) is 6.61 Å². The summed E-state index contributed by atoms with van der Waals surface area (Å²) in [6.45, 7) is 8.57. The summed E-state index contributed by atoms with van der Waals surface area (Å²) in [5, 5.41) is 15.9. The highest BCUT2D eigenvalue weighted by atomic mass is 16.6. The number of ether oxygens (including phenoxy) is 2. The molecule has 0 aliphatic heterocycles. The summed E-state index contributed by atoms with van der Waals surface area (Å²) in [7, 11) is 0. The van der Waals surface area contributed by atoms with E-state index in [1.54, 1.807) is 6.07 Å². The second-order valence-corrected chi connectivity index (χ2v) is 6.71. The fourth-order valence-corrected chi connectivity index (χ4v) is 2.23. The first-order valence-corrected chi connectivity index (χ1v) is 7.96. The van der Waals surface area contributed by atoms with Gasteiger partial charge in [0.05, 0.1) is 6.61 Å². The second kappa shape index (κ2) is 7.08. The molecule has 1 aliphatic rings. The minimum absolute atomic E-state index is 0.105. The molecular weight excluding hydrogens is 296 g/mol. The van der Waals surface area contributed by atoms with Gasteiger partial charge in [-0.3, -0.25) is 0 Å². The molecule has 128 valence electrons. The molecule has 2 atom stereocenters. The number of phenolic OH excluding ortho intramolecular Hbond substituents is 1. The van der Waals surface area contributed by atoms with E-state index in [1.807, 2.05) is 39.8 Å². The predicted octanol–water partition coefficient (Wildman–Crippen LogP) is 2.55. The van der Waals surface area contributed by atoms with Crippen LogP contribution in [0.5, 0.6) is 11.5 Å². The minimum atomic E-state index is -0.483. The molecule has 1 aromatic carbocycles. The van der Waals surface area contributed by atoms with E-state index in [9.17, 15) is 9.90 Å². The molecule has 6 nitrogen and oxygen atoms in total. The molecule has 1 fully saturated rings. The van der Waals surface area contributed by atoms with Crippen molar-refractivity contribution in [2.45, 2.75) is 58.3 Å². The molecule has 0 heterocycles. The molecule has 0 spiro atoms. The summed E-state index contributed by atoms with van der Waals surface area (Å²) in [4.78, 5) is 11.7. The van der Waals surface area contributed by atoms with Crippen LogP contribution in [0.1, 0.15) is 39.7 Å². The Morgan fingerprint density at radius 3 is 2.74 bits per heavy atom. The quantitative estimate of drug-likeness (QED) is 0.750. The van der Waals surface area contributed by atoms with Crippen LogP contribution >= 0.6 is 0 Å². The first-order chi connectivity index (χ1) is 10.8. The number of amides is 1. The molecule has 1 saturated carbocycles. The first-order valence-electron chi connectivity index (χ1n) is 7.96. The molecule has 0 aromatic heterocycles. The lowest BCUT2D eigenvalue weighted by Gasteiger charge is -2.19. The minimum Gasteiger partial charge on any atom is -0.504 e. The standard InChI is InChI=1S/C17H26N2O4/c1-5-22-15-8-11(6-7-14(15)20)10-18-12-9-13(12)19-16(21)23-17(2,3)4/h6-8,12-13,18,20H,5,9-10H2,1-4H3,(H,19,21). The van der Waals surface area contributed by atoms with Gasteiger partial charge in [-0.2, -0.15) is 0 Å². The van der Waals surface area contributed by atoms with Crippen LogP contribution in [0.2, 0.25) is 0 Å². The van der Waals surface area contributed by atoms with Crippen molar-refractivity contribution >= 4 is 6.09 Å². The zero-order valence-corrected chi connectivity index (χ0v) is 14.2. The van der Waals surface area contributed by atoms with Crippen molar-refractivity contribution in [3.05, 3.63) is 23.8 Å². The van der Waals surface area contributed by atoms with Crippen molar-refractivity contribution in [1.82, 2.24) is 10.6 Å². The lowest BCUT2D eigenvalue weighted by molar-refractivity contribution is 0.0522. The Morgan fingerprint density at radius 2 is 2.09 bits per heavy atom. The molecule has 23 heavy (non-hydrogen) atoms. The maximum atomic E-state index is 11.7. The Morgan fingerprint density at radius 1 is 1.35 bits per heavy atom. The highest BCUT2D eigenvalue weighted by Crippen LogP contribution is 2.28. The molecule has 0 radical (unpaired) electrons. The van der Waals surface area contributed by atoms with E-state index in [0.717, 1.165) is 12.0 Å². The molecule has 1 aromatic rings. The summed E-state index contributed by atoms with van der Waals surface area (Å²) in [5.41, 5.74) is 0.540. The monoisotopic (exact) mass is 322 g/mol. The number of nitrogens with one attached hydrogen (secondary N) is 2. The Kier molecular flexibility index (Phi) is 5.36. The van der Waals surface area contributed by atoms with E-state index in [2.05, 4.69) is 10.6 Å². The second-order valence-electron chi connectivity index (χ2n) is 6.71. The van der Waals surface area contributed by atoms with Gasteiger partial charge in [-0.1, -0.05) is 6.07 Å². The number of hydrogen-bond acceptors (Lipinski definition) is 5. The van der Waals surface area contributed by atoms with Crippen LogP contribution in [0.3, 0.4) is 0 Å². The first kappa shape index (κ1) is 17.4. The van der Waals surface area contributed by atoms with Gasteiger partial charge >= 0.3 is 6.09 Å². The van der Waals surface area contributed by atoms with E-state index >= 15 is 0 Å². The van der Waals surface area contributed by atoms with Crippen molar-refractivity contribution in [3.8, 4) is 11.5 Å². The number of aromatic hydroxyl groups is 1. The summed E-state index contributed by atoms with van der Waals surface area (Å²) >= 11 is 0. The highest BCUT2D eigenvalue weighted by molar-refractivity contribution is 5.68. The molecule has 2 unspecified atom stereocenters. The number of rotatable bonds is 6. The van der Waals surface area contributed by atoms with Crippen LogP contribution in [0.25, 0.3) is 0 Å². The average molecular weight is 322 g/mol. The molecule has 2 rings (SSSR count). The number of hydrogen-bond donors (Lipinski definition) is 3. The molecular formula is C17H26N2O4. The lowest BCUT2D eigenvalue weighted by Crippen LogP contribution is -2.36. The topological polar surface area (TPSA) is 79.8 Å². The number of carbonyl (C=O) groups excluding carboxylic acids is 1. The van der Waals surface area contributed by atoms with Crippen LogP contribution < -0.4 is 15.4 Å². The molecule has 0 bridgehead atoms. The smallest absolute Gasteiger partial charge is 0.407 e. The van der Waals surface area contributed by atoms with Crippen LogP contribution in [-0.2, 0) is 11.3 Å². The zero-order valence-electron chi connectivity index (χ0n) is 14.2. The van der Waals surface area contributed by atoms with E-state index in [1.165, 1.54) is 0 Å². The van der Waals surface area contributed by atoms with Crippen molar-refractivity contribution in [1.29, 1.82) is 0 Å². The van der Waals surface area contributed by atoms with E-state index < -0.39 is 5.60 Å². The zero-order chi connectivity index (χ0) is 17.0. The van der Waals surface area contributed by atoms with Crippen LogP contribution in [-0.4, -0.2) is 35.5 Å². The normalized spacial score (nSPS) is 20.0. The third kappa shape index (κ3) is 5.63. The maximum absolute atomic E-state index is 11.7. The van der Waals surface area contributed by atoms with Crippen LogP contribution in [0.15, 0.2) is 18.2 Å². The van der Waals surface area contributed by atoms with Crippen LogP contribution in [0.4, 0.5) is 4.79 Å². The van der Waals surface area contributed by atoms with Gasteiger partial charge in [0.1, 0.15) is 5.60 Å². The summed E-state index contributed by atoms with van der Waals surface area (Å²) in [5.74, 6) is 0.637. The Balaban J connectivity index is 1.76. The van der Waals surface area contributed by atoms with Gasteiger partial charge in [-0.05, 0) is 51.8 Å². The van der Waals surface area contributed by atoms with E-state index in [0.29, 0.717) is 18.9 Å². The summed E-state index contributed by atoms with van der Waals surface area (Å²) in [6.07, 6.45) is 0.505. The molecule has 0 saturated heterocycles. The number of alkyl carbamates (subject to hydrolysis) is 1. The predicted molar refractivity (Wildman–Crippen MR) is 87.7 cm³/mol. The largest absolute Gasteiger partial charge is 0.504 e. The van der Waals surface area contributed by atoms with E-state index in [-0.39, 0.29) is 23.9 Å². The van der Waals surface area contributed by atoms with Gasteiger partial charge in [-0.15, -0.1) is 0 Å². The highest BCUT2D eigenvalue weighted by Gasteiger charge is 2.38. The molecule has 3 N–H and O–H groups in total. The molecule has 6 heteroatoms. The third-order valence-electron chi connectivity index (χ3n) is 3.39. The fraction of sp³-hybridized carbons (Fsp3) is 0.588. The van der Waals surface area contributed by atoms with Crippen molar-refractivity contribution < 1.29 is 19.4 Å². The van der Waals surface area contributed by atoms with Gasteiger partial charge in [0.2, 0.25) is 0 Å². The third-order valence-corrected chi connectivity index (χ3v) is 3.39. The van der Waals surface area contributed by atoms with E-state index in [4.69, 9.17) is 9.47 Å². The number of benzene rings is 1. The summed E-state index contributed by atoms with van der Waals surface area (Å²) < 4.78 is 10.6. The van der Waals surface area contributed by atoms with Gasteiger partial charge in [0.25, 0.3) is 0 Å².